The molecule has 7 nitrogen and oxygen atoms in total. The monoisotopic (exact) mass is 343 g/mol. The van der Waals surface area contributed by atoms with Gasteiger partial charge in [-0.1, -0.05) is 11.6 Å². The van der Waals surface area contributed by atoms with E-state index in [0.717, 1.165) is 44.0 Å². The van der Waals surface area contributed by atoms with Crippen LogP contribution in [0.3, 0.4) is 0 Å². The molecule has 1 aliphatic heterocycles. The van der Waals surface area contributed by atoms with E-state index in [4.69, 9.17) is 16.3 Å². The highest BCUT2D eigenvalue weighted by molar-refractivity contribution is 6.30. The molecule has 1 saturated heterocycles. The Morgan fingerprint density at radius 2 is 1.96 bits per heavy atom. The number of nitrogens with zero attached hydrogens (tertiary/aromatic N) is 4. The summed E-state index contributed by atoms with van der Waals surface area (Å²) in [5, 5.41) is 7.91. The second-order valence-corrected chi connectivity index (χ2v) is 6.23. The molecule has 1 aromatic heterocycles. The molecule has 8 heteroatoms. The van der Waals surface area contributed by atoms with E-state index in [1.807, 2.05) is 14.0 Å². The van der Waals surface area contributed by atoms with Crippen LogP contribution in [0.4, 0.5) is 0 Å². The van der Waals surface area contributed by atoms with Gasteiger partial charge in [-0.05, 0) is 6.92 Å². The molecule has 1 N–H and O–H groups in total. The van der Waals surface area contributed by atoms with Crippen molar-refractivity contribution in [1.82, 2.24) is 24.9 Å². The smallest absolute Gasteiger partial charge is 0.234 e. The Bertz CT molecular complexity index is 526. The van der Waals surface area contributed by atoms with E-state index in [1.54, 1.807) is 11.8 Å². The molecule has 0 aromatic carbocycles. The third-order valence-electron chi connectivity index (χ3n) is 4.11. The van der Waals surface area contributed by atoms with Gasteiger partial charge in [-0.25, -0.2) is 0 Å². The SMILES string of the molecule is COCCNC(=O)CN1CCN(Cc2c(C)nn(C)c2Cl)CC1. The molecule has 1 aromatic rings. The van der Waals surface area contributed by atoms with Crippen molar-refractivity contribution in [2.24, 2.45) is 7.05 Å². The topological polar surface area (TPSA) is 62.6 Å². The van der Waals surface area contributed by atoms with Gasteiger partial charge in [-0.3, -0.25) is 19.3 Å². The summed E-state index contributed by atoms with van der Waals surface area (Å²) in [6.45, 7) is 7.98. The molecular formula is C15H26ClN5O2. The number of carbonyl (C=O) groups is 1. The lowest BCUT2D eigenvalue weighted by molar-refractivity contribution is -0.122. The summed E-state index contributed by atoms with van der Waals surface area (Å²) in [5.41, 5.74) is 2.08. The Balaban J connectivity index is 1.74. The van der Waals surface area contributed by atoms with Gasteiger partial charge in [0.05, 0.1) is 18.8 Å². The quantitative estimate of drug-likeness (QED) is 0.720. The summed E-state index contributed by atoms with van der Waals surface area (Å²) in [7, 11) is 3.49. The minimum absolute atomic E-state index is 0.0571. The second-order valence-electron chi connectivity index (χ2n) is 5.87. The molecule has 0 atom stereocenters. The zero-order valence-electron chi connectivity index (χ0n) is 14.1. The Hall–Kier alpha value is -1.15. The predicted octanol–water partition coefficient (Wildman–Crippen LogP) is 0.262. The first-order valence-corrected chi connectivity index (χ1v) is 8.27. The van der Waals surface area contributed by atoms with E-state index in [-0.39, 0.29) is 5.91 Å². The van der Waals surface area contributed by atoms with Crippen molar-refractivity contribution in [3.63, 3.8) is 0 Å². The van der Waals surface area contributed by atoms with Crippen molar-refractivity contribution in [3.05, 3.63) is 16.4 Å². The van der Waals surface area contributed by atoms with Gasteiger partial charge in [0.15, 0.2) is 0 Å². The van der Waals surface area contributed by atoms with Crippen molar-refractivity contribution in [2.75, 3.05) is 53.0 Å². The fourth-order valence-electron chi connectivity index (χ4n) is 2.73. The van der Waals surface area contributed by atoms with Gasteiger partial charge in [-0.15, -0.1) is 0 Å². The number of piperazine rings is 1. The molecule has 0 bridgehead atoms. The van der Waals surface area contributed by atoms with Crippen LogP contribution in [0.5, 0.6) is 0 Å². The molecule has 23 heavy (non-hydrogen) atoms. The van der Waals surface area contributed by atoms with Crippen molar-refractivity contribution in [2.45, 2.75) is 13.5 Å². The van der Waals surface area contributed by atoms with E-state index in [1.165, 1.54) is 0 Å². The average Bonchev–Trinajstić information content (AvgIpc) is 2.76. The first-order valence-electron chi connectivity index (χ1n) is 7.89. The summed E-state index contributed by atoms with van der Waals surface area (Å²) in [6.07, 6.45) is 0. The summed E-state index contributed by atoms with van der Waals surface area (Å²) in [4.78, 5) is 16.3. The molecule has 0 saturated carbocycles. The number of methoxy groups -OCH3 is 1. The Morgan fingerprint density at radius 3 is 2.52 bits per heavy atom. The normalized spacial score (nSPS) is 16.7. The summed E-state index contributed by atoms with van der Waals surface area (Å²) in [5.74, 6) is 0.0571. The van der Waals surface area contributed by atoms with E-state index < -0.39 is 0 Å². The molecule has 2 heterocycles. The number of ether oxygens (including phenoxy) is 1. The molecule has 1 amide bonds. The number of rotatable bonds is 7. The van der Waals surface area contributed by atoms with Gasteiger partial charge in [0, 0.05) is 59.0 Å². The molecular weight excluding hydrogens is 318 g/mol. The number of aromatic nitrogens is 2. The Kier molecular flexibility index (Phi) is 6.83. The predicted molar refractivity (Wildman–Crippen MR) is 89.6 cm³/mol. The maximum Gasteiger partial charge on any atom is 0.234 e. The van der Waals surface area contributed by atoms with E-state index in [2.05, 4.69) is 20.2 Å². The Morgan fingerprint density at radius 1 is 1.30 bits per heavy atom. The van der Waals surface area contributed by atoms with Crippen molar-refractivity contribution in [3.8, 4) is 0 Å². The van der Waals surface area contributed by atoms with Gasteiger partial charge < -0.3 is 10.1 Å². The van der Waals surface area contributed by atoms with Gasteiger partial charge in [-0.2, -0.15) is 5.10 Å². The van der Waals surface area contributed by atoms with Crippen molar-refractivity contribution in [1.29, 1.82) is 0 Å². The van der Waals surface area contributed by atoms with Crippen LogP contribution < -0.4 is 5.32 Å². The van der Waals surface area contributed by atoms with Crippen molar-refractivity contribution < 1.29 is 9.53 Å². The van der Waals surface area contributed by atoms with Crippen LogP contribution in [0.15, 0.2) is 0 Å². The summed E-state index contributed by atoms with van der Waals surface area (Å²) >= 11 is 6.29. The number of hydrogen-bond donors (Lipinski definition) is 1. The minimum atomic E-state index is 0.0571. The van der Waals surface area contributed by atoms with Crippen LogP contribution in [-0.4, -0.2) is 78.5 Å². The lowest BCUT2D eigenvalue weighted by Crippen LogP contribution is -2.49. The van der Waals surface area contributed by atoms with Crippen LogP contribution in [0.2, 0.25) is 5.15 Å². The fourth-order valence-corrected chi connectivity index (χ4v) is 2.97. The largest absolute Gasteiger partial charge is 0.383 e. The third-order valence-corrected chi connectivity index (χ3v) is 4.58. The molecule has 2 rings (SSSR count). The molecule has 1 aliphatic rings. The van der Waals surface area contributed by atoms with E-state index >= 15 is 0 Å². The number of aryl methyl sites for hydroxylation is 2. The first-order chi connectivity index (χ1) is 11.0. The van der Waals surface area contributed by atoms with Crippen LogP contribution in [0.1, 0.15) is 11.3 Å². The summed E-state index contributed by atoms with van der Waals surface area (Å²) < 4.78 is 6.64. The molecule has 1 fully saturated rings. The van der Waals surface area contributed by atoms with Gasteiger partial charge in [0.2, 0.25) is 5.91 Å². The lowest BCUT2D eigenvalue weighted by Gasteiger charge is -2.34. The maximum atomic E-state index is 11.8. The zero-order chi connectivity index (χ0) is 16.8. The second kappa shape index (κ2) is 8.63. The van der Waals surface area contributed by atoms with Gasteiger partial charge in [0.1, 0.15) is 5.15 Å². The highest BCUT2D eigenvalue weighted by Crippen LogP contribution is 2.21. The highest BCUT2D eigenvalue weighted by atomic mass is 35.5. The number of nitrogens with one attached hydrogen (secondary N) is 1. The van der Waals surface area contributed by atoms with Gasteiger partial charge in [0.25, 0.3) is 0 Å². The molecule has 0 radical (unpaired) electrons. The van der Waals surface area contributed by atoms with Crippen LogP contribution in [0, 0.1) is 6.92 Å². The highest BCUT2D eigenvalue weighted by Gasteiger charge is 2.21. The maximum absolute atomic E-state index is 11.8. The zero-order valence-corrected chi connectivity index (χ0v) is 14.9. The van der Waals surface area contributed by atoms with Crippen LogP contribution in [0.25, 0.3) is 0 Å². The number of carbonyl (C=O) groups excluding carboxylic acids is 1. The first kappa shape index (κ1) is 18.2. The van der Waals surface area contributed by atoms with E-state index in [0.29, 0.717) is 24.8 Å². The van der Waals surface area contributed by atoms with Crippen molar-refractivity contribution >= 4 is 17.5 Å². The van der Waals surface area contributed by atoms with E-state index in [9.17, 15) is 4.79 Å². The summed E-state index contributed by atoms with van der Waals surface area (Å²) in [6, 6.07) is 0. The molecule has 0 unspecified atom stereocenters. The lowest BCUT2D eigenvalue weighted by atomic mass is 10.2. The van der Waals surface area contributed by atoms with Crippen LogP contribution >= 0.6 is 11.6 Å². The third kappa shape index (κ3) is 5.17. The average molecular weight is 344 g/mol. The molecule has 130 valence electrons. The number of hydrogen-bond acceptors (Lipinski definition) is 5. The number of halogens is 1. The van der Waals surface area contributed by atoms with Gasteiger partial charge >= 0.3 is 0 Å². The molecule has 0 spiro atoms. The fraction of sp³-hybridized carbons (Fsp3) is 0.733. The minimum Gasteiger partial charge on any atom is -0.383 e. The standard InChI is InChI=1S/C15H26ClN5O2/c1-12-13(15(16)19(2)18-12)10-20-5-7-21(8-6-20)11-14(22)17-4-9-23-3/h4-11H2,1-3H3,(H,17,22). The Labute approximate surface area is 142 Å². The number of amides is 1. The molecule has 0 aliphatic carbocycles. The van der Waals surface area contributed by atoms with Crippen LogP contribution in [-0.2, 0) is 23.1 Å².